The van der Waals surface area contributed by atoms with Gasteiger partial charge in [0.05, 0.1) is 40.9 Å². The highest BCUT2D eigenvalue weighted by Crippen LogP contribution is 2.51. The first kappa shape index (κ1) is 33.5. The number of aromatic amines is 1. The summed E-state index contributed by atoms with van der Waals surface area (Å²) in [6.45, 7) is 1.95. The van der Waals surface area contributed by atoms with Gasteiger partial charge in [-0.15, -0.1) is 0 Å². The molecule has 4 aromatic carbocycles. The smallest absolute Gasteiger partial charge is 0.272 e. The minimum Gasteiger partial charge on any atom is -0.370 e. The maximum Gasteiger partial charge on any atom is 0.272 e. The van der Waals surface area contributed by atoms with Crippen LogP contribution in [0.1, 0.15) is 46.9 Å². The number of H-pyrrole nitrogens is 1. The fourth-order valence-electron chi connectivity index (χ4n) is 8.26. The number of rotatable bonds is 6. The number of carbonyl (C=O) groups is 1. The number of nitrogens with zero attached hydrogens (tertiary/aromatic N) is 4. The van der Waals surface area contributed by atoms with Crippen molar-refractivity contribution in [1.82, 2.24) is 18.8 Å². The normalized spacial score (nSPS) is 18.5. The van der Waals surface area contributed by atoms with Crippen LogP contribution in [-0.4, -0.2) is 64.6 Å². The Morgan fingerprint density at radius 2 is 1.63 bits per heavy atom. The molecule has 2 aromatic heterocycles. The Hall–Kier alpha value is -4.32. The zero-order valence-corrected chi connectivity index (χ0v) is 30.9. The van der Waals surface area contributed by atoms with E-state index >= 15 is 0 Å². The highest BCUT2D eigenvalue weighted by atomic mass is 35.5. The topological polar surface area (TPSA) is 103 Å². The maximum absolute atomic E-state index is 14.6. The number of anilines is 2. The molecule has 13 heteroatoms. The molecule has 9 nitrogen and oxygen atoms in total. The number of aromatic nitrogens is 3. The van der Waals surface area contributed by atoms with Crippen LogP contribution in [0.3, 0.4) is 0 Å². The Morgan fingerprint density at radius 3 is 2.38 bits per heavy atom. The quantitative estimate of drug-likeness (QED) is 0.176. The molecule has 0 bridgehead atoms. The van der Waals surface area contributed by atoms with Crippen LogP contribution >= 0.6 is 34.8 Å². The fraction of sp³-hybridized carbons (Fsp3) is 0.231. The molecule has 3 aliphatic rings. The molecular weight excluding hydrogens is 739 g/mol. The lowest BCUT2D eigenvalue weighted by Gasteiger charge is -2.37. The number of sulfonamides is 1. The second kappa shape index (κ2) is 13.0. The number of carbonyl (C=O) groups excluding carboxylic acids is 1. The third-order valence-corrected chi connectivity index (χ3v) is 13.3. The van der Waals surface area contributed by atoms with Crippen LogP contribution in [0.25, 0.3) is 33.4 Å². The van der Waals surface area contributed by atoms with Crippen molar-refractivity contribution in [3.8, 4) is 22.5 Å². The first-order valence-electron chi connectivity index (χ1n) is 17.3. The second-order valence-electron chi connectivity index (χ2n) is 13.5. The van der Waals surface area contributed by atoms with Gasteiger partial charge in [-0.05, 0) is 66.8 Å². The van der Waals surface area contributed by atoms with Gasteiger partial charge in [-0.1, -0.05) is 83.3 Å². The van der Waals surface area contributed by atoms with E-state index in [1.165, 1.54) is 0 Å². The number of hydrogen-bond acceptors (Lipinski definition) is 5. The molecule has 0 saturated carbocycles. The molecule has 2 N–H and O–H groups in total. The van der Waals surface area contributed by atoms with Crippen molar-refractivity contribution in [3.63, 3.8) is 0 Å². The summed E-state index contributed by atoms with van der Waals surface area (Å²) in [7, 11) is -3.18. The summed E-state index contributed by atoms with van der Waals surface area (Å²) in [5.74, 6) is -0.0807. The van der Waals surface area contributed by atoms with Crippen molar-refractivity contribution < 1.29 is 13.2 Å². The van der Waals surface area contributed by atoms with Crippen molar-refractivity contribution in [1.29, 1.82) is 0 Å². The van der Waals surface area contributed by atoms with Gasteiger partial charge in [0.2, 0.25) is 10.0 Å². The predicted octanol–water partition coefficient (Wildman–Crippen LogP) is 8.87. The van der Waals surface area contributed by atoms with Gasteiger partial charge >= 0.3 is 0 Å². The summed E-state index contributed by atoms with van der Waals surface area (Å²) < 4.78 is 29.0. The Bertz CT molecular complexity index is 2490. The SMILES string of the molecule is O=C(Nc1ccccc1N1CCC(N2CCCS2(=O)=O)CC1)c1[nH]c2cc(Cl)cc3c2c1-c1c(-c2ccccc2)ncn1[C@@H]3c1ccc(Cl)cc1Cl. The van der Waals surface area contributed by atoms with Gasteiger partial charge in [0.25, 0.3) is 5.91 Å². The molecule has 264 valence electrons. The number of amides is 1. The van der Waals surface area contributed by atoms with Crippen molar-refractivity contribution >= 4 is 73.0 Å². The highest BCUT2D eigenvalue weighted by molar-refractivity contribution is 7.89. The molecule has 2 saturated heterocycles. The third-order valence-electron chi connectivity index (χ3n) is 10.5. The Kier molecular flexibility index (Phi) is 8.35. The van der Waals surface area contributed by atoms with Crippen LogP contribution < -0.4 is 10.2 Å². The molecule has 52 heavy (non-hydrogen) atoms. The molecule has 9 rings (SSSR count). The van der Waals surface area contributed by atoms with Gasteiger partial charge in [-0.3, -0.25) is 4.79 Å². The number of imidazole rings is 1. The van der Waals surface area contributed by atoms with Crippen molar-refractivity contribution in [2.45, 2.75) is 31.3 Å². The van der Waals surface area contributed by atoms with Gasteiger partial charge < -0.3 is 19.8 Å². The summed E-state index contributed by atoms with van der Waals surface area (Å²) in [5.41, 5.74) is 7.50. The van der Waals surface area contributed by atoms with Crippen LogP contribution in [0.5, 0.6) is 0 Å². The van der Waals surface area contributed by atoms with Crippen molar-refractivity contribution in [2.75, 3.05) is 35.6 Å². The Morgan fingerprint density at radius 1 is 0.865 bits per heavy atom. The van der Waals surface area contributed by atoms with E-state index in [1.807, 2.05) is 78.9 Å². The van der Waals surface area contributed by atoms with Crippen LogP contribution in [0.15, 0.2) is 91.3 Å². The number of halogens is 3. The monoisotopic (exact) mass is 770 g/mol. The molecule has 6 aromatic rings. The first-order chi connectivity index (χ1) is 25.2. The third kappa shape index (κ3) is 5.59. The molecule has 1 atom stereocenters. The van der Waals surface area contributed by atoms with E-state index in [2.05, 4.69) is 19.8 Å². The summed E-state index contributed by atoms with van der Waals surface area (Å²) in [5, 5.41) is 5.63. The number of piperidine rings is 1. The van der Waals surface area contributed by atoms with Gasteiger partial charge in [-0.25, -0.2) is 13.4 Å². The Labute approximate surface area is 316 Å². The van der Waals surface area contributed by atoms with Gasteiger partial charge in [0, 0.05) is 62.8 Å². The molecule has 3 aliphatic heterocycles. The largest absolute Gasteiger partial charge is 0.370 e. The number of nitrogens with one attached hydrogen (secondary N) is 2. The van der Waals surface area contributed by atoms with E-state index in [0.29, 0.717) is 52.5 Å². The fourth-order valence-corrected chi connectivity index (χ4v) is 10.8. The summed E-state index contributed by atoms with van der Waals surface area (Å²) in [4.78, 5) is 25.2. The summed E-state index contributed by atoms with van der Waals surface area (Å²) in [6.07, 6.45) is 3.93. The van der Waals surface area contributed by atoms with E-state index < -0.39 is 16.1 Å². The molecular formula is C39H33Cl3N6O3S. The maximum atomic E-state index is 14.6. The van der Waals surface area contributed by atoms with Gasteiger partial charge in [0.15, 0.2) is 0 Å². The zero-order valence-electron chi connectivity index (χ0n) is 27.8. The summed E-state index contributed by atoms with van der Waals surface area (Å²) >= 11 is 20.0. The standard InChI is InChI=1S/C39H33Cl3N6O3S/c40-24-11-12-27(29(42)20-24)37-28-19-25(41)21-31-33(28)34(38-35(43-22-47(37)38)23-7-2-1-3-8-23)36(44-31)39(49)45-30-9-4-5-10-32(30)46-16-13-26(14-17-46)48-15-6-18-52(48,50)51/h1-5,7-12,19-22,26,37,44H,6,13-18H2,(H,45,49)/t37-/m1/s1. The van der Waals surface area contributed by atoms with E-state index in [9.17, 15) is 13.2 Å². The molecule has 0 spiro atoms. The minimum absolute atomic E-state index is 0.00112. The van der Waals surface area contributed by atoms with Crippen LogP contribution in [0.4, 0.5) is 11.4 Å². The Balaban J connectivity index is 1.13. The lowest BCUT2D eigenvalue weighted by atomic mass is 9.87. The van der Waals surface area contributed by atoms with Crippen molar-refractivity contribution in [3.05, 3.63) is 123 Å². The van der Waals surface area contributed by atoms with Gasteiger partial charge in [-0.2, -0.15) is 4.31 Å². The molecule has 0 radical (unpaired) electrons. The highest BCUT2D eigenvalue weighted by Gasteiger charge is 2.38. The lowest BCUT2D eigenvalue weighted by molar-refractivity contribution is 0.102. The number of benzene rings is 4. The first-order valence-corrected chi connectivity index (χ1v) is 20.0. The number of hydrogen-bond donors (Lipinski definition) is 2. The average molecular weight is 772 g/mol. The minimum atomic E-state index is -3.18. The molecule has 0 aliphatic carbocycles. The van der Waals surface area contributed by atoms with E-state index in [4.69, 9.17) is 39.8 Å². The predicted molar refractivity (Wildman–Crippen MR) is 208 cm³/mol. The molecule has 5 heterocycles. The van der Waals surface area contributed by atoms with E-state index in [0.717, 1.165) is 63.1 Å². The van der Waals surface area contributed by atoms with Crippen molar-refractivity contribution in [2.24, 2.45) is 0 Å². The lowest BCUT2D eigenvalue weighted by Crippen LogP contribution is -2.45. The van der Waals surface area contributed by atoms with Crippen LogP contribution in [-0.2, 0) is 10.0 Å². The van der Waals surface area contributed by atoms with Gasteiger partial charge in [0.1, 0.15) is 5.69 Å². The second-order valence-corrected chi connectivity index (χ2v) is 16.9. The molecule has 1 amide bonds. The number of para-hydroxylation sites is 2. The molecule has 2 fully saturated rings. The summed E-state index contributed by atoms with van der Waals surface area (Å²) in [6, 6.07) is 26.5. The van der Waals surface area contributed by atoms with Crippen LogP contribution in [0, 0.1) is 0 Å². The van der Waals surface area contributed by atoms with E-state index in [1.54, 1.807) is 16.7 Å². The van der Waals surface area contributed by atoms with E-state index in [-0.39, 0.29) is 17.7 Å². The molecule has 0 unspecified atom stereocenters. The average Bonchev–Trinajstić information content (AvgIpc) is 3.84. The zero-order chi connectivity index (χ0) is 35.7. The van der Waals surface area contributed by atoms with Crippen LogP contribution in [0.2, 0.25) is 15.1 Å². The number of fused-ring (bicyclic) bond motifs is 2.